The lowest BCUT2D eigenvalue weighted by molar-refractivity contribution is -0.217. The molecule has 9 N–H and O–H groups in total. The molecule has 0 aromatic rings. The van der Waals surface area contributed by atoms with Gasteiger partial charge in [0.2, 0.25) is 0 Å². The summed E-state index contributed by atoms with van der Waals surface area (Å²) in [5, 5.41) is 63.8. The van der Waals surface area contributed by atoms with E-state index in [1.54, 1.807) is 0 Å². The highest BCUT2D eigenvalue weighted by Gasteiger charge is 2.62. The van der Waals surface area contributed by atoms with Gasteiger partial charge in [-0.05, 0) is 18.8 Å². The van der Waals surface area contributed by atoms with Crippen LogP contribution in [0.15, 0.2) is 0 Å². The molecule has 2 saturated carbocycles. The van der Waals surface area contributed by atoms with E-state index in [9.17, 15) is 42.4 Å². The van der Waals surface area contributed by atoms with E-state index in [1.165, 1.54) is 12.8 Å². The van der Waals surface area contributed by atoms with Gasteiger partial charge in [-0.1, -0.05) is 0 Å². The van der Waals surface area contributed by atoms with Crippen LogP contribution in [0.2, 0.25) is 0 Å². The second-order valence-corrected chi connectivity index (χ2v) is 10.5. The van der Waals surface area contributed by atoms with Crippen LogP contribution >= 0.6 is 0 Å². The minimum atomic E-state index is -4.45. The lowest BCUT2D eigenvalue weighted by Crippen LogP contribution is -2.55. The molecule has 3 heterocycles. The van der Waals surface area contributed by atoms with E-state index >= 15 is 0 Å². The predicted octanol–water partition coefficient (Wildman–Crippen LogP) is -1.59. The number of piperidine rings is 3. The molecule has 0 spiro atoms. The number of aliphatic hydroxyl groups excluding tert-OH is 6. The third kappa shape index (κ3) is 7.67. The Kier molecular flexibility index (Phi) is 9.94. The highest BCUT2D eigenvalue weighted by Crippen LogP contribution is 2.54. The molecule has 212 valence electrons. The molecule has 0 bridgehead atoms. The van der Waals surface area contributed by atoms with Crippen LogP contribution < -0.4 is 16.0 Å². The van der Waals surface area contributed by atoms with Gasteiger partial charge in [-0.15, -0.1) is 0 Å². The maximum Gasteiger partial charge on any atom is 0.395 e. The van der Waals surface area contributed by atoms with Crippen LogP contribution in [0.25, 0.3) is 0 Å². The Balaban J connectivity index is 0.000000151. The number of nitrogens with one attached hydrogen (secondary N) is 3. The van der Waals surface area contributed by atoms with Crippen molar-refractivity contribution in [3.05, 3.63) is 0 Å². The number of hydrogen-bond donors (Lipinski definition) is 9. The van der Waals surface area contributed by atoms with E-state index in [-0.39, 0.29) is 26.1 Å². The van der Waals surface area contributed by atoms with Gasteiger partial charge in [-0.3, -0.25) is 0 Å². The largest absolute Gasteiger partial charge is 0.395 e. The summed E-state index contributed by atoms with van der Waals surface area (Å²) in [4.78, 5) is 0. The fourth-order valence-electron chi connectivity index (χ4n) is 5.10. The molecule has 5 fully saturated rings. The first-order chi connectivity index (χ1) is 16.7. The van der Waals surface area contributed by atoms with E-state index in [0.29, 0.717) is 24.9 Å². The van der Waals surface area contributed by atoms with Crippen LogP contribution in [0.4, 0.5) is 22.0 Å². The second-order valence-electron chi connectivity index (χ2n) is 10.5. The van der Waals surface area contributed by atoms with Crippen LogP contribution in [0.3, 0.4) is 0 Å². The average molecular weight is 536 g/mol. The van der Waals surface area contributed by atoms with Crippen molar-refractivity contribution in [1.29, 1.82) is 0 Å². The summed E-state index contributed by atoms with van der Waals surface area (Å²) in [5.74, 6) is -4.75. The summed E-state index contributed by atoms with van der Waals surface area (Å²) >= 11 is 0. The van der Waals surface area contributed by atoms with E-state index in [4.69, 9.17) is 10.2 Å². The zero-order chi connectivity index (χ0) is 26.8. The number of alkyl halides is 5. The first-order valence-corrected chi connectivity index (χ1v) is 12.4. The molecule has 1 unspecified atom stereocenters. The topological polar surface area (TPSA) is 157 Å². The summed E-state index contributed by atoms with van der Waals surface area (Å²) in [6.07, 6.45) is -8.10. The van der Waals surface area contributed by atoms with E-state index in [0.717, 1.165) is 6.54 Å². The van der Waals surface area contributed by atoms with Crippen molar-refractivity contribution in [3.8, 4) is 0 Å². The second kappa shape index (κ2) is 12.0. The molecule has 0 aromatic heterocycles. The average Bonchev–Trinajstić information content (AvgIpc) is 3.72. The number of rotatable bonds is 2. The maximum absolute atomic E-state index is 12.7. The van der Waals surface area contributed by atoms with Gasteiger partial charge in [0.05, 0.1) is 42.5 Å². The van der Waals surface area contributed by atoms with Gasteiger partial charge >= 0.3 is 6.18 Å². The molecule has 5 aliphatic rings. The molecule has 5 rings (SSSR count). The van der Waals surface area contributed by atoms with Gasteiger partial charge in [0.15, 0.2) is 0 Å². The van der Waals surface area contributed by atoms with Crippen LogP contribution in [-0.2, 0) is 0 Å². The molecule has 36 heavy (non-hydrogen) atoms. The van der Waals surface area contributed by atoms with Crippen LogP contribution in [0.5, 0.6) is 0 Å². The molecule has 3 aliphatic heterocycles. The third-order valence-corrected chi connectivity index (χ3v) is 7.70. The van der Waals surface area contributed by atoms with Gasteiger partial charge in [0.25, 0.3) is 5.92 Å². The molecular weight excluding hydrogens is 497 g/mol. The van der Waals surface area contributed by atoms with Gasteiger partial charge in [0.1, 0.15) is 0 Å². The first kappa shape index (κ1) is 29.8. The molecule has 3 saturated heterocycles. The van der Waals surface area contributed by atoms with Crippen molar-refractivity contribution in [2.75, 3.05) is 39.3 Å². The van der Waals surface area contributed by atoms with Crippen molar-refractivity contribution in [1.82, 2.24) is 16.0 Å². The molecule has 0 radical (unpaired) electrons. The summed E-state index contributed by atoms with van der Waals surface area (Å²) < 4.78 is 61.5. The third-order valence-electron chi connectivity index (χ3n) is 7.70. The number of halogens is 5. The Morgan fingerprint density at radius 3 is 1.44 bits per heavy atom. The van der Waals surface area contributed by atoms with Gasteiger partial charge < -0.3 is 46.6 Å². The highest BCUT2D eigenvalue weighted by atomic mass is 19.4. The van der Waals surface area contributed by atoms with Crippen molar-refractivity contribution >= 4 is 0 Å². The smallest absolute Gasteiger partial charge is 0.390 e. The van der Waals surface area contributed by atoms with Crippen molar-refractivity contribution < 1.29 is 52.6 Å². The summed E-state index contributed by atoms with van der Waals surface area (Å²) in [6, 6.07) is 0. The fraction of sp³-hybridized carbons (Fsp3) is 1.00. The Hall–Kier alpha value is -0.710. The number of hydrogen-bond acceptors (Lipinski definition) is 9. The normalized spacial score (nSPS) is 44.4. The summed E-state index contributed by atoms with van der Waals surface area (Å²) in [6.45, 7) is 1.76. The summed E-state index contributed by atoms with van der Waals surface area (Å²) in [7, 11) is 0. The van der Waals surface area contributed by atoms with Crippen molar-refractivity contribution in [3.63, 3.8) is 0 Å². The summed E-state index contributed by atoms with van der Waals surface area (Å²) in [5.41, 5.74) is 0. The zero-order valence-corrected chi connectivity index (χ0v) is 19.8. The quantitative estimate of drug-likeness (QED) is 0.190. The van der Waals surface area contributed by atoms with Crippen LogP contribution in [0, 0.1) is 29.6 Å². The van der Waals surface area contributed by atoms with Crippen molar-refractivity contribution in [2.24, 2.45) is 29.6 Å². The van der Waals surface area contributed by atoms with Gasteiger partial charge in [-0.2, -0.15) is 13.2 Å². The molecule has 14 heteroatoms. The zero-order valence-electron chi connectivity index (χ0n) is 19.8. The SMILES string of the molecule is O[C@H]1[C@H](O)CNC[C@@H]1C(F)(F)F.O[C@H]1[C@H](O)CNC[C@@H]1C1CC1.O[C@H]1[C@H](O)CNC[C@@H]1C1CC1(F)F. The molecule has 9 nitrogen and oxygen atoms in total. The Bertz CT molecular complexity index is 702. The van der Waals surface area contributed by atoms with E-state index in [2.05, 4.69) is 16.0 Å². The Morgan fingerprint density at radius 2 is 1.03 bits per heavy atom. The monoisotopic (exact) mass is 535 g/mol. The maximum atomic E-state index is 12.7. The van der Waals surface area contributed by atoms with E-state index < -0.39 is 66.5 Å². The molecular formula is C22H38F5N3O6. The molecule has 10 atom stereocenters. The van der Waals surface area contributed by atoms with Gasteiger partial charge in [0, 0.05) is 63.4 Å². The highest BCUT2D eigenvalue weighted by molar-refractivity contribution is 5.04. The molecule has 0 aromatic carbocycles. The van der Waals surface area contributed by atoms with Gasteiger partial charge in [-0.25, -0.2) is 8.78 Å². The minimum Gasteiger partial charge on any atom is -0.390 e. The fourth-order valence-corrected chi connectivity index (χ4v) is 5.10. The Labute approximate surface area is 206 Å². The van der Waals surface area contributed by atoms with Crippen molar-refractivity contribution in [2.45, 2.75) is 68.0 Å². The van der Waals surface area contributed by atoms with E-state index in [1.807, 2.05) is 0 Å². The number of β-amino-alcohol motifs (C(OH)–C–C–N with tert-alkyl or cyclic N) is 3. The molecule has 2 aliphatic carbocycles. The minimum absolute atomic E-state index is 0.00769. The van der Waals surface area contributed by atoms with Crippen LogP contribution in [-0.4, -0.2) is 119 Å². The lowest BCUT2D eigenvalue weighted by Gasteiger charge is -2.33. The standard InChI is InChI=1S/C8H13F2NO2.C8H15NO2.C6H10F3NO2/c9-8(10)1-5(8)4-2-11-3-6(12)7(4)13;10-7-4-9-3-6(8(7)11)5-1-2-5;7-6(8,9)3-1-10-2-4(11)5(3)12/h4-7,11-13H,1-3H2;5-11H,1-4H2;3-5,10-12H,1-2H2/t4-,5?,6-,7-;6-,7-,8-;3-,4+,5+/m110/s1. The lowest BCUT2D eigenvalue weighted by atomic mass is 9.89. The Morgan fingerprint density at radius 1 is 0.611 bits per heavy atom. The van der Waals surface area contributed by atoms with Crippen LogP contribution in [0.1, 0.15) is 19.3 Å². The predicted molar refractivity (Wildman–Crippen MR) is 117 cm³/mol. The first-order valence-electron chi connectivity index (χ1n) is 12.4. The molecule has 0 amide bonds. The number of aliphatic hydroxyl groups is 6.